The minimum absolute atomic E-state index is 0.169. The number of hydrogen-bond donors (Lipinski definition) is 4. The Balaban J connectivity index is 2.28. The van der Waals surface area contributed by atoms with Crippen molar-refractivity contribution in [1.29, 1.82) is 0 Å². The van der Waals surface area contributed by atoms with Gasteiger partial charge in [-0.2, -0.15) is 0 Å². The first-order valence-electron chi connectivity index (χ1n) is 5.25. The molecule has 0 saturated carbocycles. The van der Waals surface area contributed by atoms with Crippen LogP contribution < -0.4 is 11.5 Å². The fourth-order valence-electron chi connectivity index (χ4n) is 1.46. The molecule has 2 rings (SSSR count). The highest BCUT2D eigenvalue weighted by Gasteiger charge is 2.18. The number of aliphatic imine (C=N–C) groups is 1. The fraction of sp³-hybridized carbons (Fsp3) is 0.182. The van der Waals surface area contributed by atoms with Gasteiger partial charge in [0.2, 0.25) is 0 Å². The molecule has 0 fully saturated rings. The molecule has 7 nitrogen and oxygen atoms in total. The molecule has 7 heteroatoms. The maximum atomic E-state index is 9.17. The van der Waals surface area contributed by atoms with E-state index in [1.54, 1.807) is 24.3 Å². The lowest BCUT2D eigenvalue weighted by molar-refractivity contribution is 0.186. The lowest BCUT2D eigenvalue weighted by Crippen LogP contribution is -2.28. The molecule has 1 aliphatic rings. The molecule has 1 aromatic rings. The van der Waals surface area contributed by atoms with Crippen molar-refractivity contribution in [1.82, 2.24) is 0 Å². The van der Waals surface area contributed by atoms with Gasteiger partial charge >= 0.3 is 0 Å². The van der Waals surface area contributed by atoms with Crippen LogP contribution in [0, 0.1) is 0 Å². The largest absolute Gasteiger partial charge is 0.390 e. The van der Waals surface area contributed by atoms with Gasteiger partial charge in [-0.1, -0.05) is 12.1 Å². The Kier molecular flexibility index (Phi) is 3.47. The van der Waals surface area contributed by atoms with Gasteiger partial charge in [0.15, 0.2) is 5.84 Å². The van der Waals surface area contributed by atoms with Crippen molar-refractivity contribution in [2.75, 3.05) is 6.61 Å². The topological polar surface area (TPSA) is 130 Å². The highest BCUT2D eigenvalue weighted by molar-refractivity contribution is 6.70. The molecule has 0 amide bonds. The molecule has 0 spiro atoms. The van der Waals surface area contributed by atoms with Crippen LogP contribution in [0.4, 0.5) is 5.69 Å². The summed E-state index contributed by atoms with van der Waals surface area (Å²) in [4.78, 5) is 4.24. The summed E-state index contributed by atoms with van der Waals surface area (Å²) in [6.07, 6.45) is -1.01. The van der Waals surface area contributed by atoms with Crippen LogP contribution in [-0.4, -0.2) is 34.1 Å². The van der Waals surface area contributed by atoms with Crippen molar-refractivity contribution >= 4 is 22.9 Å². The Morgan fingerprint density at radius 1 is 1.22 bits per heavy atom. The van der Waals surface area contributed by atoms with Crippen LogP contribution in [0.25, 0.3) is 0 Å². The third-order valence-electron chi connectivity index (χ3n) is 2.42. The zero-order valence-corrected chi connectivity index (χ0v) is 9.48. The number of hydrogen-bond acceptors (Lipinski definition) is 7. The van der Waals surface area contributed by atoms with E-state index in [-0.39, 0.29) is 12.4 Å². The van der Waals surface area contributed by atoms with Gasteiger partial charge in [-0.3, -0.25) is 0 Å². The summed E-state index contributed by atoms with van der Waals surface area (Å²) in [6.45, 7) is -0.275. The van der Waals surface area contributed by atoms with Gasteiger partial charge in [-0.15, -0.1) is 10.2 Å². The molecular formula is C11H13N5O2. The summed E-state index contributed by atoms with van der Waals surface area (Å²) in [5.74, 6) is 0.169. The van der Waals surface area contributed by atoms with E-state index < -0.39 is 6.23 Å². The predicted molar refractivity (Wildman–Crippen MR) is 68.8 cm³/mol. The van der Waals surface area contributed by atoms with Crippen LogP contribution in [0.2, 0.25) is 0 Å². The van der Waals surface area contributed by atoms with E-state index in [2.05, 4.69) is 15.2 Å². The first-order valence-corrected chi connectivity index (χ1v) is 5.25. The summed E-state index contributed by atoms with van der Waals surface area (Å²) < 4.78 is 0. The quantitative estimate of drug-likeness (QED) is 0.533. The van der Waals surface area contributed by atoms with Gasteiger partial charge in [0, 0.05) is 0 Å². The van der Waals surface area contributed by atoms with E-state index in [1.165, 1.54) is 0 Å². The fourth-order valence-corrected chi connectivity index (χ4v) is 1.46. The molecule has 1 atom stereocenters. The molecule has 1 aliphatic heterocycles. The number of aliphatic hydroxyl groups excluding tert-OH is 2. The van der Waals surface area contributed by atoms with Gasteiger partial charge in [0.25, 0.3) is 0 Å². The number of nitrogens with two attached hydrogens (primary N) is 2. The van der Waals surface area contributed by atoms with Crippen LogP contribution in [0.5, 0.6) is 0 Å². The van der Waals surface area contributed by atoms with E-state index in [0.717, 1.165) is 0 Å². The van der Waals surface area contributed by atoms with Gasteiger partial charge in [-0.25, -0.2) is 4.99 Å². The summed E-state index contributed by atoms with van der Waals surface area (Å²) in [5, 5.41) is 25.6. The average molecular weight is 247 g/mol. The van der Waals surface area contributed by atoms with Crippen molar-refractivity contribution in [3.05, 3.63) is 29.8 Å². The van der Waals surface area contributed by atoms with Crippen LogP contribution in [0.3, 0.4) is 0 Å². The summed E-state index contributed by atoms with van der Waals surface area (Å²) in [7, 11) is 0. The van der Waals surface area contributed by atoms with Crippen molar-refractivity contribution in [2.45, 2.75) is 6.23 Å². The third kappa shape index (κ3) is 2.43. The van der Waals surface area contributed by atoms with Gasteiger partial charge < -0.3 is 21.7 Å². The molecule has 94 valence electrons. The molecule has 6 N–H and O–H groups in total. The second-order valence-electron chi connectivity index (χ2n) is 3.69. The molecule has 0 radical (unpaired) electrons. The molecule has 1 heterocycles. The standard InChI is InChI=1S/C11H13N5O2/c12-10-9(8(5-17)15-16-10)14-7-3-1-6(2-4-7)11(13)18/h1-4,11,17-18H,5,13H2,(H2,12,14,16). The van der Waals surface area contributed by atoms with E-state index >= 15 is 0 Å². The second-order valence-corrected chi connectivity index (χ2v) is 3.69. The number of nitrogens with zero attached hydrogens (tertiary/aromatic N) is 3. The average Bonchev–Trinajstić information content (AvgIpc) is 2.71. The zero-order valence-electron chi connectivity index (χ0n) is 9.48. The minimum Gasteiger partial charge on any atom is -0.390 e. The maximum Gasteiger partial charge on any atom is 0.174 e. The Hall–Kier alpha value is -2.09. The monoisotopic (exact) mass is 247 g/mol. The lowest BCUT2D eigenvalue weighted by Gasteiger charge is -2.05. The number of benzene rings is 1. The maximum absolute atomic E-state index is 9.17. The van der Waals surface area contributed by atoms with Gasteiger partial charge in [-0.05, 0) is 17.7 Å². The molecule has 1 unspecified atom stereocenters. The number of rotatable bonds is 3. The minimum atomic E-state index is -1.01. The number of aliphatic hydroxyl groups is 2. The van der Waals surface area contributed by atoms with Crippen LogP contribution in [0.15, 0.2) is 39.5 Å². The molecule has 0 bridgehead atoms. The van der Waals surface area contributed by atoms with E-state index in [1.807, 2.05) is 0 Å². The summed E-state index contributed by atoms with van der Waals surface area (Å²) in [6, 6.07) is 6.67. The summed E-state index contributed by atoms with van der Waals surface area (Å²) in [5.41, 5.74) is 12.8. The number of amidine groups is 1. The highest BCUT2D eigenvalue weighted by atomic mass is 16.3. The molecule has 0 aromatic heterocycles. The van der Waals surface area contributed by atoms with Crippen molar-refractivity contribution < 1.29 is 10.2 Å². The molecule has 0 saturated heterocycles. The molecule has 0 aliphatic carbocycles. The second kappa shape index (κ2) is 5.05. The Morgan fingerprint density at radius 3 is 2.44 bits per heavy atom. The van der Waals surface area contributed by atoms with E-state index in [0.29, 0.717) is 22.7 Å². The van der Waals surface area contributed by atoms with E-state index in [9.17, 15) is 5.11 Å². The smallest absolute Gasteiger partial charge is 0.174 e. The predicted octanol–water partition coefficient (Wildman–Crippen LogP) is -0.572. The Labute approximate surface area is 103 Å². The highest BCUT2D eigenvalue weighted by Crippen LogP contribution is 2.17. The Bertz CT molecular complexity index is 531. The molecule has 18 heavy (non-hydrogen) atoms. The van der Waals surface area contributed by atoms with Crippen molar-refractivity contribution in [2.24, 2.45) is 26.7 Å². The SMILES string of the molecule is NC1=NN=C(CO)C1=Nc1ccc(C(N)O)cc1. The van der Waals surface area contributed by atoms with Crippen molar-refractivity contribution in [3.63, 3.8) is 0 Å². The first-order chi connectivity index (χ1) is 8.61. The van der Waals surface area contributed by atoms with Gasteiger partial charge in [0.05, 0.1) is 12.3 Å². The van der Waals surface area contributed by atoms with Crippen LogP contribution in [-0.2, 0) is 0 Å². The Morgan fingerprint density at radius 2 is 1.89 bits per heavy atom. The lowest BCUT2D eigenvalue weighted by atomic mass is 10.2. The van der Waals surface area contributed by atoms with Crippen molar-refractivity contribution in [3.8, 4) is 0 Å². The third-order valence-corrected chi connectivity index (χ3v) is 2.42. The van der Waals surface area contributed by atoms with Crippen LogP contribution >= 0.6 is 0 Å². The molecule has 1 aromatic carbocycles. The van der Waals surface area contributed by atoms with Gasteiger partial charge in [0.1, 0.15) is 17.7 Å². The zero-order chi connectivity index (χ0) is 13.1. The first kappa shape index (κ1) is 12.4. The summed E-state index contributed by atoms with van der Waals surface area (Å²) >= 11 is 0. The normalized spacial score (nSPS) is 18.7. The van der Waals surface area contributed by atoms with Crippen LogP contribution in [0.1, 0.15) is 11.8 Å². The molecular weight excluding hydrogens is 234 g/mol. The van der Waals surface area contributed by atoms with E-state index in [4.69, 9.17) is 16.6 Å².